The lowest BCUT2D eigenvalue weighted by atomic mass is 10.0. The smallest absolute Gasteiger partial charge is 0.165 e. The lowest BCUT2D eigenvalue weighted by molar-refractivity contribution is 0.267. The number of benzene rings is 1. The number of methoxy groups -OCH3 is 1. The zero-order valence-electron chi connectivity index (χ0n) is 9.26. The van der Waals surface area contributed by atoms with Crippen LogP contribution in [0.3, 0.4) is 0 Å². The van der Waals surface area contributed by atoms with Crippen molar-refractivity contribution in [1.82, 2.24) is 5.32 Å². The van der Waals surface area contributed by atoms with Crippen molar-refractivity contribution in [2.24, 2.45) is 0 Å². The lowest BCUT2D eigenvalue weighted by Gasteiger charge is -2.17. The summed E-state index contributed by atoms with van der Waals surface area (Å²) in [5, 5.41) is 11.6. The van der Waals surface area contributed by atoms with Crippen LogP contribution in [0.1, 0.15) is 18.0 Å². The highest BCUT2D eigenvalue weighted by Gasteiger charge is 2.17. The van der Waals surface area contributed by atoms with Crippen molar-refractivity contribution in [1.29, 1.82) is 0 Å². The molecule has 0 aliphatic heterocycles. The van der Waals surface area contributed by atoms with Gasteiger partial charge in [-0.05, 0) is 19.5 Å². The summed E-state index contributed by atoms with van der Waals surface area (Å²) < 4.78 is 31.7. The van der Waals surface area contributed by atoms with Crippen molar-refractivity contribution in [2.45, 2.75) is 12.5 Å². The van der Waals surface area contributed by atoms with E-state index in [1.165, 1.54) is 7.11 Å². The minimum absolute atomic E-state index is 0.0986. The Morgan fingerprint density at radius 2 is 2.06 bits per heavy atom. The molecule has 1 aromatic carbocycles. The number of hydrogen-bond acceptors (Lipinski definition) is 3. The van der Waals surface area contributed by atoms with Gasteiger partial charge in [0.25, 0.3) is 0 Å². The fraction of sp³-hybridized carbons (Fsp3) is 0.455. The van der Waals surface area contributed by atoms with Gasteiger partial charge in [0, 0.05) is 24.3 Å². The van der Waals surface area contributed by atoms with Crippen LogP contribution >= 0.6 is 0 Å². The fourth-order valence-corrected chi connectivity index (χ4v) is 1.55. The molecule has 0 amide bonds. The molecule has 1 rings (SSSR count). The van der Waals surface area contributed by atoms with Gasteiger partial charge in [0.2, 0.25) is 0 Å². The Balaban J connectivity index is 3.08. The average molecular weight is 231 g/mol. The van der Waals surface area contributed by atoms with Gasteiger partial charge in [-0.3, -0.25) is 0 Å². The average Bonchev–Trinajstić information content (AvgIpc) is 2.28. The van der Waals surface area contributed by atoms with Crippen LogP contribution in [0, 0.1) is 11.6 Å². The zero-order chi connectivity index (χ0) is 12.1. The minimum Gasteiger partial charge on any atom is -0.494 e. The summed E-state index contributed by atoms with van der Waals surface area (Å²) in [6.45, 7) is -0.0986. The molecule has 0 radical (unpaired) electrons. The van der Waals surface area contributed by atoms with Gasteiger partial charge in [-0.15, -0.1) is 0 Å². The second-order valence-corrected chi connectivity index (χ2v) is 3.36. The molecule has 2 N–H and O–H groups in total. The van der Waals surface area contributed by atoms with Gasteiger partial charge < -0.3 is 15.2 Å². The molecular weight excluding hydrogens is 216 g/mol. The maximum absolute atomic E-state index is 13.6. The third kappa shape index (κ3) is 2.68. The van der Waals surface area contributed by atoms with Crippen LogP contribution in [-0.4, -0.2) is 25.9 Å². The molecule has 1 atom stereocenters. The van der Waals surface area contributed by atoms with Crippen LogP contribution < -0.4 is 10.1 Å². The molecule has 3 nitrogen and oxygen atoms in total. The third-order valence-corrected chi connectivity index (χ3v) is 2.41. The van der Waals surface area contributed by atoms with Gasteiger partial charge in [-0.25, -0.2) is 8.78 Å². The van der Waals surface area contributed by atoms with Crippen molar-refractivity contribution < 1.29 is 18.6 Å². The van der Waals surface area contributed by atoms with Gasteiger partial charge in [0.15, 0.2) is 11.6 Å². The number of halogens is 2. The summed E-state index contributed by atoms with van der Waals surface area (Å²) >= 11 is 0. The molecule has 0 bridgehead atoms. The molecule has 90 valence electrons. The van der Waals surface area contributed by atoms with Gasteiger partial charge in [0.05, 0.1) is 7.11 Å². The molecule has 16 heavy (non-hydrogen) atoms. The maximum Gasteiger partial charge on any atom is 0.165 e. The quantitative estimate of drug-likeness (QED) is 0.809. The molecule has 0 aliphatic rings. The van der Waals surface area contributed by atoms with Crippen LogP contribution in [-0.2, 0) is 0 Å². The summed E-state index contributed by atoms with van der Waals surface area (Å²) in [4.78, 5) is 0. The van der Waals surface area contributed by atoms with Crippen molar-refractivity contribution in [3.8, 4) is 5.75 Å². The molecule has 0 aromatic heterocycles. The molecule has 0 saturated heterocycles. The summed E-state index contributed by atoms with van der Waals surface area (Å²) in [7, 11) is 2.91. The van der Waals surface area contributed by atoms with Gasteiger partial charge in [-0.2, -0.15) is 0 Å². The zero-order valence-corrected chi connectivity index (χ0v) is 9.26. The minimum atomic E-state index is -0.614. The van der Waals surface area contributed by atoms with Crippen LogP contribution in [0.15, 0.2) is 12.1 Å². The predicted molar refractivity (Wildman–Crippen MR) is 56.4 cm³/mol. The molecule has 1 unspecified atom stereocenters. The second kappa shape index (κ2) is 5.77. The Kier molecular flexibility index (Phi) is 4.64. The molecular formula is C11H15F2NO2. The van der Waals surface area contributed by atoms with E-state index in [0.717, 1.165) is 12.1 Å². The van der Waals surface area contributed by atoms with Crippen LogP contribution in [0.25, 0.3) is 0 Å². The highest BCUT2D eigenvalue weighted by Crippen LogP contribution is 2.26. The van der Waals surface area contributed by atoms with Crippen LogP contribution in [0.4, 0.5) is 8.78 Å². The van der Waals surface area contributed by atoms with E-state index < -0.39 is 17.7 Å². The topological polar surface area (TPSA) is 41.5 Å². The number of aliphatic hydroxyl groups is 1. The van der Waals surface area contributed by atoms with Crippen LogP contribution in [0.5, 0.6) is 5.75 Å². The Bertz CT molecular complexity index is 358. The van der Waals surface area contributed by atoms with Crippen molar-refractivity contribution in [3.63, 3.8) is 0 Å². The van der Waals surface area contributed by atoms with E-state index in [2.05, 4.69) is 10.1 Å². The van der Waals surface area contributed by atoms with E-state index in [0.29, 0.717) is 6.42 Å². The molecule has 0 spiro atoms. The molecule has 5 heteroatoms. The number of hydrogen-bond donors (Lipinski definition) is 2. The lowest BCUT2D eigenvalue weighted by Crippen LogP contribution is -2.19. The first-order valence-electron chi connectivity index (χ1n) is 4.95. The van der Waals surface area contributed by atoms with E-state index in [4.69, 9.17) is 5.11 Å². The molecule has 0 fully saturated rings. The van der Waals surface area contributed by atoms with Gasteiger partial charge in [0.1, 0.15) is 5.82 Å². The first-order valence-corrected chi connectivity index (χ1v) is 4.95. The molecule has 0 heterocycles. The van der Waals surface area contributed by atoms with Gasteiger partial charge >= 0.3 is 0 Å². The number of nitrogens with one attached hydrogen (secondary N) is 1. The van der Waals surface area contributed by atoms with Gasteiger partial charge in [-0.1, -0.05) is 0 Å². The predicted octanol–water partition coefficient (Wildman–Crippen LogP) is 1.62. The SMILES string of the molecule is CNC(CCO)c1cc(F)c(OC)cc1F. The highest BCUT2D eigenvalue weighted by atomic mass is 19.1. The van der Waals surface area contributed by atoms with E-state index in [1.807, 2.05) is 0 Å². The van der Waals surface area contributed by atoms with E-state index >= 15 is 0 Å². The number of ether oxygens (including phenoxy) is 1. The van der Waals surface area contributed by atoms with E-state index in [1.54, 1.807) is 7.05 Å². The molecule has 0 aliphatic carbocycles. The summed E-state index contributed by atoms with van der Waals surface area (Å²) in [5.41, 5.74) is 0.190. The first kappa shape index (κ1) is 12.9. The summed E-state index contributed by atoms with van der Waals surface area (Å²) in [5.74, 6) is -1.29. The Morgan fingerprint density at radius 3 is 2.56 bits per heavy atom. The Morgan fingerprint density at radius 1 is 1.38 bits per heavy atom. The van der Waals surface area contributed by atoms with Crippen molar-refractivity contribution in [3.05, 3.63) is 29.3 Å². The third-order valence-electron chi connectivity index (χ3n) is 2.41. The summed E-state index contributed by atoms with van der Waals surface area (Å²) in [6.07, 6.45) is 0.319. The van der Waals surface area contributed by atoms with Crippen molar-refractivity contribution >= 4 is 0 Å². The van der Waals surface area contributed by atoms with E-state index in [-0.39, 0.29) is 17.9 Å². The Labute approximate surface area is 93.0 Å². The molecule has 1 aromatic rings. The number of aliphatic hydroxyl groups excluding tert-OH is 1. The number of rotatable bonds is 5. The van der Waals surface area contributed by atoms with E-state index in [9.17, 15) is 8.78 Å². The van der Waals surface area contributed by atoms with Crippen LogP contribution in [0.2, 0.25) is 0 Å². The normalized spacial score (nSPS) is 12.6. The summed E-state index contributed by atoms with van der Waals surface area (Å²) in [6, 6.07) is 1.68. The Hall–Kier alpha value is -1.20. The highest BCUT2D eigenvalue weighted by molar-refractivity contribution is 5.32. The largest absolute Gasteiger partial charge is 0.494 e. The monoisotopic (exact) mass is 231 g/mol. The second-order valence-electron chi connectivity index (χ2n) is 3.36. The standard InChI is InChI=1S/C11H15F2NO2/c1-14-10(3-4-15)7-5-9(13)11(16-2)6-8(7)12/h5-6,10,14-15H,3-4H2,1-2H3. The fourth-order valence-electron chi connectivity index (χ4n) is 1.55. The van der Waals surface area contributed by atoms with Crippen molar-refractivity contribution in [2.75, 3.05) is 20.8 Å². The maximum atomic E-state index is 13.6. The first-order chi connectivity index (χ1) is 7.63. The molecule has 0 saturated carbocycles.